The van der Waals surface area contributed by atoms with E-state index in [1.807, 2.05) is 0 Å². The van der Waals surface area contributed by atoms with Crippen molar-refractivity contribution in [2.24, 2.45) is 0 Å². The lowest BCUT2D eigenvalue weighted by Crippen LogP contribution is -2.33. The lowest BCUT2D eigenvalue weighted by atomic mass is 10.2. The number of hydrogen-bond acceptors (Lipinski definition) is 4. The fraction of sp³-hybridized carbons (Fsp3) is 0.529. The molecule has 1 fully saturated rings. The number of rotatable bonds is 5. The van der Waals surface area contributed by atoms with Gasteiger partial charge in [0.05, 0.1) is 12.7 Å². The van der Waals surface area contributed by atoms with Gasteiger partial charge in [-0.25, -0.2) is 4.79 Å². The molecule has 0 radical (unpaired) electrons. The number of nitrogens with one attached hydrogen (secondary N) is 1. The zero-order valence-electron chi connectivity index (χ0n) is 12.9. The number of aromatic nitrogens is 2. The minimum atomic E-state index is -0.529. The van der Waals surface area contributed by atoms with E-state index in [4.69, 9.17) is 16.3 Å². The molecule has 0 aromatic carbocycles. The molecule has 2 unspecified atom stereocenters. The van der Waals surface area contributed by atoms with Crippen LogP contribution >= 0.6 is 0 Å². The normalized spacial score (nSPS) is 19.8. The summed E-state index contributed by atoms with van der Waals surface area (Å²) in [6.45, 7) is -0.0844. The molecule has 1 aliphatic rings. The lowest BCUT2D eigenvalue weighted by molar-refractivity contribution is -0.0246. The SMILES string of the molecule is C#CCCCCC#Cc1cn(C2CCC(CO)O2)c(=O)[nH]c1=O. The van der Waals surface area contributed by atoms with Crippen molar-refractivity contribution in [2.75, 3.05) is 6.61 Å². The number of unbranched alkanes of at least 4 members (excludes halogenated alkanes) is 3. The molecule has 0 aliphatic carbocycles. The van der Waals surface area contributed by atoms with Gasteiger partial charge < -0.3 is 9.84 Å². The Balaban J connectivity index is 2.11. The number of aromatic amines is 1. The first kappa shape index (κ1) is 17.1. The number of nitrogens with zero attached hydrogens (tertiary/aromatic N) is 1. The molecule has 122 valence electrons. The van der Waals surface area contributed by atoms with Gasteiger partial charge in [-0.2, -0.15) is 0 Å². The third-order valence-corrected chi connectivity index (χ3v) is 3.66. The van der Waals surface area contributed by atoms with Gasteiger partial charge in [0.15, 0.2) is 0 Å². The maximum atomic E-state index is 11.9. The van der Waals surface area contributed by atoms with Gasteiger partial charge in [0, 0.05) is 19.0 Å². The Labute approximate surface area is 134 Å². The summed E-state index contributed by atoms with van der Waals surface area (Å²) in [5.74, 6) is 8.29. The summed E-state index contributed by atoms with van der Waals surface area (Å²) < 4.78 is 6.90. The third-order valence-electron chi connectivity index (χ3n) is 3.66. The Kier molecular flexibility index (Phi) is 6.22. The van der Waals surface area contributed by atoms with Gasteiger partial charge in [-0.05, 0) is 25.7 Å². The van der Waals surface area contributed by atoms with Crippen LogP contribution < -0.4 is 11.2 Å². The van der Waals surface area contributed by atoms with Crippen LogP contribution in [-0.4, -0.2) is 27.4 Å². The number of hydrogen-bond donors (Lipinski definition) is 2. The van der Waals surface area contributed by atoms with Crippen molar-refractivity contribution in [1.29, 1.82) is 0 Å². The second-order valence-corrected chi connectivity index (χ2v) is 5.39. The Bertz CT molecular complexity index is 745. The van der Waals surface area contributed by atoms with Crippen molar-refractivity contribution >= 4 is 0 Å². The number of aliphatic hydroxyl groups is 1. The monoisotopic (exact) mass is 316 g/mol. The van der Waals surface area contributed by atoms with Crippen LogP contribution in [0.3, 0.4) is 0 Å². The van der Waals surface area contributed by atoms with Gasteiger partial charge in [-0.1, -0.05) is 11.8 Å². The van der Waals surface area contributed by atoms with E-state index in [0.717, 1.165) is 19.3 Å². The zero-order valence-corrected chi connectivity index (χ0v) is 12.9. The standard InChI is InChI=1S/C17H20N2O4/c1-2-3-4-5-6-7-8-13-11-19(17(22)18-16(13)21)15-10-9-14(12-20)23-15/h1,11,14-15,20H,3-6,9-10,12H2,(H,18,21,22). The predicted octanol–water partition coefficient (Wildman–Crippen LogP) is 0.752. The van der Waals surface area contributed by atoms with E-state index in [2.05, 4.69) is 22.7 Å². The van der Waals surface area contributed by atoms with Crippen LogP contribution in [-0.2, 0) is 4.74 Å². The Morgan fingerprint density at radius 2 is 2.13 bits per heavy atom. The average molecular weight is 316 g/mol. The molecule has 0 bridgehead atoms. The maximum Gasteiger partial charge on any atom is 0.330 e. The van der Waals surface area contributed by atoms with E-state index in [1.54, 1.807) is 0 Å². The highest BCUT2D eigenvalue weighted by Gasteiger charge is 2.26. The zero-order chi connectivity index (χ0) is 16.7. The molecular formula is C17H20N2O4. The van der Waals surface area contributed by atoms with Crippen molar-refractivity contribution in [3.05, 3.63) is 32.6 Å². The lowest BCUT2D eigenvalue weighted by Gasteiger charge is -2.14. The van der Waals surface area contributed by atoms with Gasteiger partial charge in [0.2, 0.25) is 0 Å². The summed E-state index contributed by atoms with van der Waals surface area (Å²) in [7, 11) is 0. The van der Waals surface area contributed by atoms with Gasteiger partial charge in [-0.3, -0.25) is 14.3 Å². The molecule has 0 spiro atoms. The predicted molar refractivity (Wildman–Crippen MR) is 85.7 cm³/mol. The van der Waals surface area contributed by atoms with Gasteiger partial charge >= 0.3 is 5.69 Å². The molecular weight excluding hydrogens is 296 g/mol. The van der Waals surface area contributed by atoms with E-state index < -0.39 is 17.5 Å². The van der Waals surface area contributed by atoms with Crippen molar-refractivity contribution < 1.29 is 9.84 Å². The summed E-state index contributed by atoms with van der Waals surface area (Å²) in [4.78, 5) is 26.0. The molecule has 6 heteroatoms. The van der Waals surface area contributed by atoms with E-state index in [9.17, 15) is 9.59 Å². The van der Waals surface area contributed by atoms with Gasteiger partial charge in [0.1, 0.15) is 11.8 Å². The quantitative estimate of drug-likeness (QED) is 0.620. The van der Waals surface area contributed by atoms with E-state index in [1.165, 1.54) is 10.8 Å². The van der Waals surface area contributed by atoms with Crippen LogP contribution in [0.1, 0.15) is 50.3 Å². The highest BCUT2D eigenvalue weighted by atomic mass is 16.5. The Hall–Kier alpha value is -2.28. The smallest absolute Gasteiger partial charge is 0.330 e. The first-order valence-electron chi connectivity index (χ1n) is 7.70. The summed E-state index contributed by atoms with van der Waals surface area (Å²) in [5.41, 5.74) is -0.796. The Morgan fingerprint density at radius 1 is 1.35 bits per heavy atom. The minimum Gasteiger partial charge on any atom is -0.394 e. The first-order chi connectivity index (χ1) is 11.2. The van der Waals surface area contributed by atoms with Gasteiger partial charge in [0.25, 0.3) is 5.56 Å². The number of terminal acetylenes is 1. The molecule has 2 rings (SSSR count). The fourth-order valence-electron chi connectivity index (χ4n) is 2.41. The maximum absolute atomic E-state index is 11.9. The molecule has 1 aromatic rings. The fourth-order valence-corrected chi connectivity index (χ4v) is 2.41. The Morgan fingerprint density at radius 3 is 2.83 bits per heavy atom. The van der Waals surface area contributed by atoms with Crippen LogP contribution in [0.25, 0.3) is 0 Å². The second-order valence-electron chi connectivity index (χ2n) is 5.39. The van der Waals surface area contributed by atoms with Crippen LogP contribution in [0.5, 0.6) is 0 Å². The number of aliphatic hydroxyl groups excluding tert-OH is 1. The van der Waals surface area contributed by atoms with Crippen LogP contribution in [0.15, 0.2) is 15.8 Å². The molecule has 0 amide bonds. The molecule has 23 heavy (non-hydrogen) atoms. The van der Waals surface area contributed by atoms with E-state index >= 15 is 0 Å². The molecule has 2 atom stereocenters. The van der Waals surface area contributed by atoms with Crippen molar-refractivity contribution in [2.45, 2.75) is 50.9 Å². The number of H-pyrrole nitrogens is 1. The summed E-state index contributed by atoms with van der Waals surface area (Å²) in [6.07, 6.45) is 10.3. The number of ether oxygens (including phenoxy) is 1. The molecule has 1 saturated heterocycles. The van der Waals surface area contributed by atoms with E-state index in [0.29, 0.717) is 19.3 Å². The highest BCUT2D eigenvalue weighted by molar-refractivity contribution is 5.29. The third kappa shape index (κ3) is 4.59. The highest BCUT2D eigenvalue weighted by Crippen LogP contribution is 2.26. The van der Waals surface area contributed by atoms with Crippen molar-refractivity contribution in [3.63, 3.8) is 0 Å². The van der Waals surface area contributed by atoms with Crippen LogP contribution in [0, 0.1) is 24.2 Å². The molecule has 2 N–H and O–H groups in total. The summed E-state index contributed by atoms with van der Waals surface area (Å²) in [6, 6.07) is 0. The topological polar surface area (TPSA) is 84.3 Å². The summed E-state index contributed by atoms with van der Waals surface area (Å²) in [5, 5.41) is 9.10. The second kappa shape index (κ2) is 8.38. The van der Waals surface area contributed by atoms with Gasteiger partial charge in [-0.15, -0.1) is 12.3 Å². The van der Waals surface area contributed by atoms with Crippen LogP contribution in [0.2, 0.25) is 0 Å². The van der Waals surface area contributed by atoms with E-state index in [-0.39, 0.29) is 18.3 Å². The molecule has 2 heterocycles. The van der Waals surface area contributed by atoms with Crippen molar-refractivity contribution in [3.8, 4) is 24.2 Å². The average Bonchev–Trinajstić information content (AvgIpc) is 3.01. The minimum absolute atomic E-state index is 0.0844. The summed E-state index contributed by atoms with van der Waals surface area (Å²) >= 11 is 0. The first-order valence-corrected chi connectivity index (χ1v) is 7.70. The molecule has 6 nitrogen and oxygen atoms in total. The van der Waals surface area contributed by atoms with Crippen LogP contribution in [0.4, 0.5) is 0 Å². The molecule has 1 aromatic heterocycles. The van der Waals surface area contributed by atoms with Crippen molar-refractivity contribution in [1.82, 2.24) is 9.55 Å². The molecule has 0 saturated carbocycles. The largest absolute Gasteiger partial charge is 0.394 e. The molecule has 1 aliphatic heterocycles.